The molecule has 3 N–H and O–H groups in total. The second-order valence-electron chi connectivity index (χ2n) is 4.71. The van der Waals surface area contributed by atoms with Crippen molar-refractivity contribution in [3.8, 4) is 0 Å². The SMILES string of the molecule is CCCCNC(=O)N1CCC(C(=O)O)C(C(=O)O)C1. The van der Waals surface area contributed by atoms with Crippen LogP contribution in [-0.2, 0) is 9.59 Å². The fraction of sp³-hybridized carbons (Fsp3) is 0.750. The minimum absolute atomic E-state index is 0.0513. The van der Waals surface area contributed by atoms with Gasteiger partial charge in [-0.2, -0.15) is 0 Å². The third-order valence-corrected chi connectivity index (χ3v) is 3.34. The molecule has 19 heavy (non-hydrogen) atoms. The lowest BCUT2D eigenvalue weighted by atomic mass is 9.85. The molecule has 1 aliphatic rings. The van der Waals surface area contributed by atoms with Gasteiger partial charge < -0.3 is 20.4 Å². The van der Waals surface area contributed by atoms with Gasteiger partial charge in [0.1, 0.15) is 0 Å². The predicted octanol–water partition coefficient (Wildman–Crippen LogP) is 0.603. The molecule has 1 aliphatic heterocycles. The Morgan fingerprint density at radius 1 is 1.21 bits per heavy atom. The number of piperidine rings is 1. The van der Waals surface area contributed by atoms with E-state index < -0.39 is 23.8 Å². The van der Waals surface area contributed by atoms with Gasteiger partial charge in [0.25, 0.3) is 0 Å². The Bertz CT molecular complexity index is 358. The van der Waals surface area contributed by atoms with E-state index >= 15 is 0 Å². The molecule has 108 valence electrons. The van der Waals surface area contributed by atoms with E-state index in [9.17, 15) is 14.4 Å². The molecule has 1 saturated heterocycles. The summed E-state index contributed by atoms with van der Waals surface area (Å²) in [6.45, 7) is 2.78. The van der Waals surface area contributed by atoms with Crippen LogP contribution in [0, 0.1) is 11.8 Å². The lowest BCUT2D eigenvalue weighted by molar-refractivity contribution is -0.156. The van der Waals surface area contributed by atoms with Gasteiger partial charge in [0, 0.05) is 19.6 Å². The topological polar surface area (TPSA) is 107 Å². The average Bonchev–Trinajstić information content (AvgIpc) is 2.38. The summed E-state index contributed by atoms with van der Waals surface area (Å²) in [5.41, 5.74) is 0. The van der Waals surface area contributed by atoms with Crippen molar-refractivity contribution in [2.75, 3.05) is 19.6 Å². The highest BCUT2D eigenvalue weighted by Crippen LogP contribution is 2.24. The molecule has 0 aromatic rings. The van der Waals surface area contributed by atoms with Crippen LogP contribution >= 0.6 is 0 Å². The number of unbranched alkanes of at least 4 members (excludes halogenated alkanes) is 1. The number of carbonyl (C=O) groups is 3. The Balaban J connectivity index is 2.58. The fourth-order valence-corrected chi connectivity index (χ4v) is 2.17. The lowest BCUT2D eigenvalue weighted by Gasteiger charge is -2.34. The van der Waals surface area contributed by atoms with Gasteiger partial charge in [0.15, 0.2) is 0 Å². The van der Waals surface area contributed by atoms with Crippen molar-refractivity contribution in [1.82, 2.24) is 10.2 Å². The molecule has 0 aromatic heterocycles. The number of nitrogens with zero attached hydrogens (tertiary/aromatic N) is 1. The van der Waals surface area contributed by atoms with E-state index in [0.717, 1.165) is 12.8 Å². The van der Waals surface area contributed by atoms with E-state index in [4.69, 9.17) is 10.2 Å². The first kappa shape index (κ1) is 15.3. The molecule has 1 fully saturated rings. The second-order valence-corrected chi connectivity index (χ2v) is 4.71. The zero-order chi connectivity index (χ0) is 14.4. The molecule has 2 unspecified atom stereocenters. The standard InChI is InChI=1S/C12H20N2O5/c1-2-3-5-13-12(19)14-6-4-8(10(15)16)9(7-14)11(17)18/h8-9H,2-7H2,1H3,(H,13,19)(H,15,16)(H,17,18). The summed E-state index contributed by atoms with van der Waals surface area (Å²) in [5, 5.41) is 20.7. The molecular formula is C12H20N2O5. The van der Waals surface area contributed by atoms with Gasteiger partial charge in [0.05, 0.1) is 11.8 Å². The summed E-state index contributed by atoms with van der Waals surface area (Å²) in [4.78, 5) is 35.2. The van der Waals surface area contributed by atoms with E-state index in [1.165, 1.54) is 4.90 Å². The first-order chi connectivity index (χ1) is 8.97. The zero-order valence-electron chi connectivity index (χ0n) is 11.0. The quantitative estimate of drug-likeness (QED) is 0.635. The van der Waals surface area contributed by atoms with Crippen LogP contribution in [0.3, 0.4) is 0 Å². The molecular weight excluding hydrogens is 252 g/mol. The van der Waals surface area contributed by atoms with E-state index in [-0.39, 0.29) is 25.5 Å². The maximum Gasteiger partial charge on any atom is 0.317 e. The summed E-state index contributed by atoms with van der Waals surface area (Å²) in [6, 6.07) is -0.316. The largest absolute Gasteiger partial charge is 0.481 e. The van der Waals surface area contributed by atoms with Crippen LogP contribution in [0.15, 0.2) is 0 Å². The van der Waals surface area contributed by atoms with Crippen LogP contribution in [0.2, 0.25) is 0 Å². The van der Waals surface area contributed by atoms with Crippen LogP contribution in [0.4, 0.5) is 4.79 Å². The number of carbonyl (C=O) groups excluding carboxylic acids is 1. The summed E-state index contributed by atoms with van der Waals surface area (Å²) < 4.78 is 0. The van der Waals surface area contributed by atoms with Crippen molar-refractivity contribution in [3.05, 3.63) is 0 Å². The van der Waals surface area contributed by atoms with Crippen molar-refractivity contribution in [2.45, 2.75) is 26.2 Å². The minimum Gasteiger partial charge on any atom is -0.481 e. The van der Waals surface area contributed by atoms with E-state index in [1.807, 2.05) is 6.92 Å². The van der Waals surface area contributed by atoms with Crippen LogP contribution in [0.25, 0.3) is 0 Å². The van der Waals surface area contributed by atoms with Gasteiger partial charge in [-0.05, 0) is 12.8 Å². The number of nitrogens with one attached hydrogen (secondary N) is 1. The average molecular weight is 272 g/mol. The lowest BCUT2D eigenvalue weighted by Crippen LogP contribution is -2.51. The Hall–Kier alpha value is -1.79. The number of likely N-dealkylation sites (tertiary alicyclic amines) is 1. The zero-order valence-corrected chi connectivity index (χ0v) is 11.0. The van der Waals surface area contributed by atoms with Gasteiger partial charge in [-0.25, -0.2) is 4.79 Å². The first-order valence-electron chi connectivity index (χ1n) is 6.45. The smallest absolute Gasteiger partial charge is 0.317 e. The highest BCUT2D eigenvalue weighted by molar-refractivity contribution is 5.82. The number of carboxylic acid groups (broad SMARTS) is 2. The number of rotatable bonds is 5. The Morgan fingerprint density at radius 2 is 1.84 bits per heavy atom. The molecule has 0 aromatic carbocycles. The predicted molar refractivity (Wildman–Crippen MR) is 66.7 cm³/mol. The monoisotopic (exact) mass is 272 g/mol. The molecule has 0 radical (unpaired) electrons. The molecule has 0 aliphatic carbocycles. The Kier molecular flexibility index (Phi) is 5.59. The van der Waals surface area contributed by atoms with Gasteiger partial charge >= 0.3 is 18.0 Å². The highest BCUT2D eigenvalue weighted by Gasteiger charge is 2.39. The molecule has 1 heterocycles. The molecule has 0 bridgehead atoms. The van der Waals surface area contributed by atoms with Crippen LogP contribution < -0.4 is 5.32 Å². The summed E-state index contributed by atoms with van der Waals surface area (Å²) in [7, 11) is 0. The van der Waals surface area contributed by atoms with E-state index in [1.54, 1.807) is 0 Å². The number of urea groups is 1. The van der Waals surface area contributed by atoms with Gasteiger partial charge in [-0.3, -0.25) is 9.59 Å². The normalized spacial score (nSPS) is 22.9. The van der Waals surface area contributed by atoms with Crippen LogP contribution in [0.1, 0.15) is 26.2 Å². The molecule has 0 saturated carbocycles. The summed E-state index contributed by atoms with van der Waals surface area (Å²) in [5.74, 6) is -4.24. The third kappa shape index (κ3) is 4.11. The highest BCUT2D eigenvalue weighted by atomic mass is 16.4. The Labute approximate surface area is 111 Å². The molecule has 7 heteroatoms. The minimum atomic E-state index is -1.17. The number of amides is 2. The fourth-order valence-electron chi connectivity index (χ4n) is 2.17. The molecule has 1 rings (SSSR count). The summed E-state index contributed by atoms with van der Waals surface area (Å²) >= 11 is 0. The third-order valence-electron chi connectivity index (χ3n) is 3.34. The van der Waals surface area contributed by atoms with Gasteiger partial charge in [0.2, 0.25) is 0 Å². The van der Waals surface area contributed by atoms with Crippen LogP contribution in [0.5, 0.6) is 0 Å². The Morgan fingerprint density at radius 3 is 2.37 bits per heavy atom. The van der Waals surface area contributed by atoms with E-state index in [2.05, 4.69) is 5.32 Å². The molecule has 2 amide bonds. The molecule has 0 spiro atoms. The number of hydrogen-bond donors (Lipinski definition) is 3. The number of carboxylic acids is 2. The molecule has 2 atom stereocenters. The first-order valence-corrected chi connectivity index (χ1v) is 6.45. The van der Waals surface area contributed by atoms with Crippen molar-refractivity contribution < 1.29 is 24.6 Å². The molecule has 7 nitrogen and oxygen atoms in total. The van der Waals surface area contributed by atoms with Crippen molar-refractivity contribution in [2.24, 2.45) is 11.8 Å². The van der Waals surface area contributed by atoms with Crippen molar-refractivity contribution >= 4 is 18.0 Å². The number of aliphatic carboxylic acids is 2. The van der Waals surface area contributed by atoms with E-state index in [0.29, 0.717) is 6.54 Å². The summed E-state index contributed by atoms with van der Waals surface area (Å²) in [6.07, 6.45) is 1.99. The van der Waals surface area contributed by atoms with Crippen LogP contribution in [-0.4, -0.2) is 52.7 Å². The number of hydrogen-bond acceptors (Lipinski definition) is 3. The van der Waals surface area contributed by atoms with Gasteiger partial charge in [-0.15, -0.1) is 0 Å². The second kappa shape index (κ2) is 6.96. The van der Waals surface area contributed by atoms with Crippen molar-refractivity contribution in [1.29, 1.82) is 0 Å². The van der Waals surface area contributed by atoms with Crippen molar-refractivity contribution in [3.63, 3.8) is 0 Å². The maximum absolute atomic E-state index is 11.8. The maximum atomic E-state index is 11.8. The van der Waals surface area contributed by atoms with Gasteiger partial charge in [-0.1, -0.05) is 13.3 Å².